The minimum Gasteiger partial charge on any atom is -0.410 e. The van der Waals surface area contributed by atoms with Crippen LogP contribution in [0.15, 0.2) is 51.4 Å². The lowest BCUT2D eigenvalue weighted by Crippen LogP contribution is -2.01. The summed E-state index contributed by atoms with van der Waals surface area (Å²) in [6.45, 7) is 0. The van der Waals surface area contributed by atoms with E-state index >= 15 is 0 Å². The van der Waals surface area contributed by atoms with Gasteiger partial charge in [0.25, 0.3) is 11.1 Å². The highest BCUT2D eigenvalue weighted by Gasteiger charge is 2.15. The number of benzene rings is 1. The first kappa shape index (κ1) is 14.6. The van der Waals surface area contributed by atoms with Crippen LogP contribution in [0.25, 0.3) is 10.8 Å². The van der Waals surface area contributed by atoms with E-state index in [4.69, 9.17) is 16.0 Å². The van der Waals surface area contributed by atoms with Crippen LogP contribution in [0.3, 0.4) is 0 Å². The van der Waals surface area contributed by atoms with Gasteiger partial charge in [-0.15, -0.1) is 21.5 Å². The zero-order chi connectivity index (χ0) is 14.7. The summed E-state index contributed by atoms with van der Waals surface area (Å²) in [5.74, 6) is 0.898. The Kier molecular flexibility index (Phi) is 4.60. The Morgan fingerprint density at radius 2 is 2.10 bits per heavy atom. The molecular weight excluding hydrogens is 328 g/mol. The van der Waals surface area contributed by atoms with Crippen molar-refractivity contribution in [2.24, 2.45) is 0 Å². The first-order valence-electron chi connectivity index (χ1n) is 6.16. The zero-order valence-electron chi connectivity index (χ0n) is 10.8. The number of aliphatic hydroxyl groups is 1. The van der Waals surface area contributed by atoms with E-state index in [-0.39, 0.29) is 0 Å². The Labute approximate surface area is 134 Å². The highest BCUT2D eigenvalue weighted by atomic mass is 35.5. The van der Waals surface area contributed by atoms with Gasteiger partial charge in [0.15, 0.2) is 0 Å². The van der Waals surface area contributed by atoms with Gasteiger partial charge >= 0.3 is 0 Å². The standard InChI is InChI=1S/C14H11ClN2O2S2/c15-10-5-2-1-4-9(10)11(18)8-21-14-17-16-13(19-14)12-6-3-7-20-12/h1-7,11,18H,8H2. The van der Waals surface area contributed by atoms with E-state index in [1.54, 1.807) is 23.5 Å². The summed E-state index contributed by atoms with van der Waals surface area (Å²) in [7, 11) is 0. The number of hydrogen-bond donors (Lipinski definition) is 1. The number of thioether (sulfide) groups is 1. The molecule has 0 amide bonds. The molecule has 1 atom stereocenters. The molecule has 1 N–H and O–H groups in total. The van der Waals surface area contributed by atoms with Gasteiger partial charge in [-0.25, -0.2) is 0 Å². The van der Waals surface area contributed by atoms with Gasteiger partial charge in [-0.3, -0.25) is 0 Å². The summed E-state index contributed by atoms with van der Waals surface area (Å²) in [6, 6.07) is 11.1. The Morgan fingerprint density at radius 3 is 2.86 bits per heavy atom. The van der Waals surface area contributed by atoms with Crippen molar-refractivity contribution in [1.82, 2.24) is 10.2 Å². The van der Waals surface area contributed by atoms with E-state index < -0.39 is 6.10 Å². The van der Waals surface area contributed by atoms with Crippen LogP contribution >= 0.6 is 34.7 Å². The van der Waals surface area contributed by atoms with Crippen LogP contribution < -0.4 is 0 Å². The third-order valence-corrected chi connectivity index (χ3v) is 4.86. The van der Waals surface area contributed by atoms with Crippen LogP contribution in [0.5, 0.6) is 0 Å². The van der Waals surface area contributed by atoms with Crippen molar-refractivity contribution >= 4 is 34.7 Å². The molecule has 2 heterocycles. The molecule has 7 heteroatoms. The van der Waals surface area contributed by atoms with E-state index in [1.807, 2.05) is 29.6 Å². The molecule has 0 aliphatic heterocycles. The first-order chi connectivity index (χ1) is 10.2. The van der Waals surface area contributed by atoms with Crippen molar-refractivity contribution in [3.63, 3.8) is 0 Å². The molecule has 0 saturated heterocycles. The van der Waals surface area contributed by atoms with Gasteiger partial charge in [-0.1, -0.05) is 47.6 Å². The quantitative estimate of drug-likeness (QED) is 0.704. The minimum atomic E-state index is -0.680. The number of thiophene rings is 1. The smallest absolute Gasteiger partial charge is 0.276 e. The monoisotopic (exact) mass is 338 g/mol. The number of halogens is 1. The number of aliphatic hydroxyl groups excluding tert-OH is 1. The Hall–Kier alpha value is -1.34. The summed E-state index contributed by atoms with van der Waals surface area (Å²) >= 11 is 8.90. The molecule has 3 aromatic rings. The zero-order valence-corrected chi connectivity index (χ0v) is 13.2. The molecule has 0 saturated carbocycles. The molecule has 108 valence electrons. The van der Waals surface area contributed by atoms with E-state index in [0.717, 1.165) is 4.88 Å². The molecular formula is C14H11ClN2O2S2. The molecule has 0 fully saturated rings. The first-order valence-corrected chi connectivity index (χ1v) is 8.41. The molecule has 1 unspecified atom stereocenters. The normalized spacial score (nSPS) is 12.5. The van der Waals surface area contributed by atoms with Gasteiger partial charge in [0.1, 0.15) is 0 Å². The Bertz CT molecular complexity index is 715. The second-order valence-electron chi connectivity index (χ2n) is 4.20. The molecule has 2 aromatic heterocycles. The molecule has 3 rings (SSSR count). The fraction of sp³-hybridized carbons (Fsp3) is 0.143. The fourth-order valence-corrected chi connectivity index (χ4v) is 3.38. The van der Waals surface area contributed by atoms with Gasteiger partial charge < -0.3 is 9.52 Å². The summed E-state index contributed by atoms with van der Waals surface area (Å²) in [5.41, 5.74) is 0.699. The number of aromatic nitrogens is 2. The van der Waals surface area contributed by atoms with Gasteiger partial charge in [0.05, 0.1) is 11.0 Å². The SMILES string of the molecule is OC(CSc1nnc(-c2cccs2)o1)c1ccccc1Cl. The fourth-order valence-electron chi connectivity index (χ4n) is 1.75. The second-order valence-corrected chi connectivity index (χ2v) is 6.52. The van der Waals surface area contributed by atoms with Crippen LogP contribution in [0, 0.1) is 0 Å². The Balaban J connectivity index is 1.64. The average molecular weight is 339 g/mol. The molecule has 1 aromatic carbocycles. The number of rotatable bonds is 5. The lowest BCUT2D eigenvalue weighted by molar-refractivity contribution is 0.204. The minimum absolute atomic E-state index is 0.399. The van der Waals surface area contributed by atoms with Gasteiger partial charge in [0, 0.05) is 10.8 Å². The van der Waals surface area contributed by atoms with Crippen LogP contribution in [-0.2, 0) is 0 Å². The van der Waals surface area contributed by atoms with E-state index in [2.05, 4.69) is 10.2 Å². The van der Waals surface area contributed by atoms with Gasteiger partial charge in [-0.2, -0.15) is 0 Å². The highest BCUT2D eigenvalue weighted by molar-refractivity contribution is 7.99. The van der Waals surface area contributed by atoms with Crippen molar-refractivity contribution in [3.8, 4) is 10.8 Å². The van der Waals surface area contributed by atoms with Gasteiger partial charge in [-0.05, 0) is 23.1 Å². The molecule has 0 spiro atoms. The van der Waals surface area contributed by atoms with Crippen LogP contribution in [0.2, 0.25) is 5.02 Å². The molecule has 4 nitrogen and oxygen atoms in total. The van der Waals surface area contributed by atoms with Crippen molar-refractivity contribution in [2.75, 3.05) is 5.75 Å². The van der Waals surface area contributed by atoms with E-state index in [0.29, 0.717) is 27.5 Å². The van der Waals surface area contributed by atoms with Crippen LogP contribution in [0.4, 0.5) is 0 Å². The summed E-state index contributed by atoms with van der Waals surface area (Å²) in [5, 5.41) is 21.1. The van der Waals surface area contributed by atoms with Crippen LogP contribution in [0.1, 0.15) is 11.7 Å². The summed E-state index contributed by atoms with van der Waals surface area (Å²) in [6.07, 6.45) is -0.680. The average Bonchev–Trinajstić information content (AvgIpc) is 3.16. The van der Waals surface area contributed by atoms with E-state index in [9.17, 15) is 5.11 Å². The highest BCUT2D eigenvalue weighted by Crippen LogP contribution is 2.30. The largest absolute Gasteiger partial charge is 0.410 e. The maximum atomic E-state index is 10.2. The lowest BCUT2D eigenvalue weighted by atomic mass is 10.1. The Morgan fingerprint density at radius 1 is 1.24 bits per heavy atom. The summed E-state index contributed by atoms with van der Waals surface area (Å²) in [4.78, 5) is 0.931. The molecule has 0 bridgehead atoms. The van der Waals surface area contributed by atoms with Crippen molar-refractivity contribution in [2.45, 2.75) is 11.3 Å². The third-order valence-electron chi connectivity index (χ3n) is 2.77. The number of hydrogen-bond acceptors (Lipinski definition) is 6. The predicted molar refractivity (Wildman–Crippen MR) is 84.7 cm³/mol. The topological polar surface area (TPSA) is 59.2 Å². The second kappa shape index (κ2) is 6.62. The maximum Gasteiger partial charge on any atom is 0.276 e. The molecule has 0 radical (unpaired) electrons. The van der Waals surface area contributed by atoms with E-state index in [1.165, 1.54) is 11.8 Å². The third kappa shape index (κ3) is 3.47. The van der Waals surface area contributed by atoms with Crippen molar-refractivity contribution < 1.29 is 9.52 Å². The molecule has 21 heavy (non-hydrogen) atoms. The van der Waals surface area contributed by atoms with Crippen LogP contribution in [-0.4, -0.2) is 21.1 Å². The number of nitrogens with zero attached hydrogens (tertiary/aromatic N) is 2. The predicted octanol–water partition coefficient (Wildman–Crippen LogP) is 4.28. The molecule has 0 aliphatic carbocycles. The maximum absolute atomic E-state index is 10.2. The van der Waals surface area contributed by atoms with Crippen molar-refractivity contribution in [1.29, 1.82) is 0 Å². The summed E-state index contributed by atoms with van der Waals surface area (Å²) < 4.78 is 5.55. The van der Waals surface area contributed by atoms with Crippen molar-refractivity contribution in [3.05, 3.63) is 52.4 Å². The van der Waals surface area contributed by atoms with Gasteiger partial charge in [0.2, 0.25) is 0 Å². The molecule has 0 aliphatic rings. The lowest BCUT2D eigenvalue weighted by Gasteiger charge is -2.10.